The summed E-state index contributed by atoms with van der Waals surface area (Å²) >= 11 is 0. The number of anilines is 1. The summed E-state index contributed by atoms with van der Waals surface area (Å²) in [6.45, 7) is 0.303. The predicted molar refractivity (Wildman–Crippen MR) is 88.9 cm³/mol. The Labute approximate surface area is 137 Å². The molecule has 1 aliphatic heterocycles. The van der Waals surface area contributed by atoms with Gasteiger partial charge in [0.2, 0.25) is 0 Å². The highest BCUT2D eigenvalue weighted by Crippen LogP contribution is 2.30. The van der Waals surface area contributed by atoms with Crippen molar-refractivity contribution in [1.29, 1.82) is 0 Å². The standard InChI is InChI=1S/C19H13F2N3/c20-16-8-3-9-17(21)19(16)24-12-14-5-1-2-7-15(14)18(23-24)13-6-4-10-22-11-13/h1-11H,12H2. The van der Waals surface area contributed by atoms with Crippen molar-refractivity contribution in [2.45, 2.75) is 6.54 Å². The molecule has 5 heteroatoms. The molecule has 3 nitrogen and oxygen atoms in total. The minimum Gasteiger partial charge on any atom is -0.264 e. The molecule has 0 saturated carbocycles. The molecule has 24 heavy (non-hydrogen) atoms. The van der Waals surface area contributed by atoms with Crippen LogP contribution in [0.4, 0.5) is 14.5 Å². The van der Waals surface area contributed by atoms with Gasteiger partial charge in [-0.1, -0.05) is 30.3 Å². The lowest BCUT2D eigenvalue weighted by Gasteiger charge is -2.28. The van der Waals surface area contributed by atoms with E-state index in [0.717, 1.165) is 16.7 Å². The second-order valence-electron chi connectivity index (χ2n) is 5.48. The van der Waals surface area contributed by atoms with Gasteiger partial charge in [-0.3, -0.25) is 9.99 Å². The lowest BCUT2D eigenvalue weighted by atomic mass is 9.97. The molecule has 0 bridgehead atoms. The fourth-order valence-electron chi connectivity index (χ4n) is 2.84. The van der Waals surface area contributed by atoms with Gasteiger partial charge in [-0.05, 0) is 29.8 Å². The number of rotatable bonds is 2. The third-order valence-corrected chi connectivity index (χ3v) is 3.94. The van der Waals surface area contributed by atoms with E-state index in [-0.39, 0.29) is 5.69 Å². The Morgan fingerprint density at radius 1 is 0.875 bits per heavy atom. The van der Waals surface area contributed by atoms with Gasteiger partial charge >= 0.3 is 0 Å². The summed E-state index contributed by atoms with van der Waals surface area (Å²) < 4.78 is 28.4. The fourth-order valence-corrected chi connectivity index (χ4v) is 2.84. The van der Waals surface area contributed by atoms with E-state index in [0.29, 0.717) is 12.3 Å². The second-order valence-corrected chi connectivity index (χ2v) is 5.48. The highest BCUT2D eigenvalue weighted by molar-refractivity contribution is 6.14. The summed E-state index contributed by atoms with van der Waals surface area (Å²) in [5, 5.41) is 5.89. The zero-order valence-electron chi connectivity index (χ0n) is 12.7. The topological polar surface area (TPSA) is 28.5 Å². The van der Waals surface area contributed by atoms with Crippen molar-refractivity contribution in [3.63, 3.8) is 0 Å². The zero-order chi connectivity index (χ0) is 16.5. The number of fused-ring (bicyclic) bond motifs is 1. The molecule has 3 aromatic rings. The van der Waals surface area contributed by atoms with Gasteiger partial charge in [-0.15, -0.1) is 0 Å². The molecule has 0 radical (unpaired) electrons. The summed E-state index contributed by atoms with van der Waals surface area (Å²) in [6, 6.07) is 15.2. The van der Waals surface area contributed by atoms with Crippen molar-refractivity contribution < 1.29 is 8.78 Å². The van der Waals surface area contributed by atoms with E-state index in [1.54, 1.807) is 12.4 Å². The van der Waals surface area contributed by atoms with Crippen molar-refractivity contribution in [2.75, 3.05) is 5.01 Å². The lowest BCUT2D eigenvalue weighted by molar-refractivity contribution is 0.571. The van der Waals surface area contributed by atoms with Crippen molar-refractivity contribution >= 4 is 11.4 Å². The third kappa shape index (κ3) is 2.44. The number of aromatic nitrogens is 1. The Bertz CT molecular complexity index is 903. The van der Waals surface area contributed by atoms with Crippen LogP contribution in [-0.2, 0) is 6.54 Å². The van der Waals surface area contributed by atoms with E-state index >= 15 is 0 Å². The number of halogens is 2. The molecule has 0 unspecified atom stereocenters. The van der Waals surface area contributed by atoms with Crippen molar-refractivity contribution in [1.82, 2.24) is 4.98 Å². The SMILES string of the molecule is Fc1cccc(F)c1N1Cc2ccccc2C(c2cccnc2)=N1. The highest BCUT2D eigenvalue weighted by atomic mass is 19.1. The fraction of sp³-hybridized carbons (Fsp3) is 0.0526. The van der Waals surface area contributed by atoms with Crippen LogP contribution >= 0.6 is 0 Å². The van der Waals surface area contributed by atoms with Crippen LogP contribution in [0.1, 0.15) is 16.7 Å². The Kier molecular flexibility index (Phi) is 3.54. The van der Waals surface area contributed by atoms with Gasteiger partial charge in [0.05, 0.1) is 12.3 Å². The van der Waals surface area contributed by atoms with Crippen LogP contribution in [0.25, 0.3) is 0 Å². The number of hydrogen-bond acceptors (Lipinski definition) is 3. The largest absolute Gasteiger partial charge is 0.264 e. The maximum absolute atomic E-state index is 14.2. The maximum atomic E-state index is 14.2. The van der Waals surface area contributed by atoms with Crippen LogP contribution in [0.3, 0.4) is 0 Å². The summed E-state index contributed by atoms with van der Waals surface area (Å²) in [4.78, 5) is 4.12. The molecular weight excluding hydrogens is 308 g/mol. The molecule has 0 aliphatic carbocycles. The number of benzene rings is 2. The number of hydrogen-bond donors (Lipinski definition) is 0. The predicted octanol–water partition coefficient (Wildman–Crippen LogP) is 4.13. The van der Waals surface area contributed by atoms with E-state index in [4.69, 9.17) is 0 Å². The smallest absolute Gasteiger partial charge is 0.151 e. The van der Waals surface area contributed by atoms with Crippen LogP contribution in [0, 0.1) is 11.6 Å². The van der Waals surface area contributed by atoms with E-state index in [1.165, 1.54) is 23.2 Å². The molecule has 0 N–H and O–H groups in total. The molecule has 0 fully saturated rings. The van der Waals surface area contributed by atoms with Crippen molar-refractivity contribution in [3.05, 3.63) is 95.3 Å². The third-order valence-electron chi connectivity index (χ3n) is 3.94. The first-order chi connectivity index (χ1) is 11.7. The molecule has 4 rings (SSSR count). The van der Waals surface area contributed by atoms with Crippen molar-refractivity contribution in [3.8, 4) is 0 Å². The van der Waals surface area contributed by atoms with Crippen LogP contribution < -0.4 is 5.01 Å². The summed E-state index contributed by atoms with van der Waals surface area (Å²) in [6.07, 6.45) is 3.36. The van der Waals surface area contributed by atoms with E-state index in [9.17, 15) is 8.78 Å². The van der Waals surface area contributed by atoms with Gasteiger partial charge in [-0.2, -0.15) is 5.10 Å². The molecule has 0 amide bonds. The Morgan fingerprint density at radius 2 is 1.67 bits per heavy atom. The summed E-state index contributed by atoms with van der Waals surface area (Å²) in [5.74, 6) is -1.27. The van der Waals surface area contributed by atoms with E-state index in [2.05, 4.69) is 10.1 Å². The minimum atomic E-state index is -0.635. The van der Waals surface area contributed by atoms with Gasteiger partial charge < -0.3 is 0 Å². The van der Waals surface area contributed by atoms with Gasteiger partial charge in [0.15, 0.2) is 11.6 Å². The normalized spacial score (nSPS) is 13.4. The van der Waals surface area contributed by atoms with Gasteiger partial charge in [0, 0.05) is 23.5 Å². The summed E-state index contributed by atoms with van der Waals surface area (Å²) in [7, 11) is 0. The number of para-hydroxylation sites is 1. The van der Waals surface area contributed by atoms with Crippen LogP contribution in [0.5, 0.6) is 0 Å². The summed E-state index contributed by atoms with van der Waals surface area (Å²) in [5.41, 5.74) is 3.19. The minimum absolute atomic E-state index is 0.145. The first-order valence-electron chi connectivity index (χ1n) is 7.53. The van der Waals surface area contributed by atoms with Gasteiger partial charge in [-0.25, -0.2) is 8.78 Å². The Hall–Kier alpha value is -3.08. The first kappa shape index (κ1) is 14.5. The first-order valence-corrected chi connectivity index (χ1v) is 7.53. The quantitative estimate of drug-likeness (QED) is 0.710. The van der Waals surface area contributed by atoms with Crippen LogP contribution in [-0.4, -0.2) is 10.7 Å². The highest BCUT2D eigenvalue weighted by Gasteiger charge is 2.24. The molecule has 0 saturated heterocycles. The Morgan fingerprint density at radius 3 is 2.42 bits per heavy atom. The van der Waals surface area contributed by atoms with Gasteiger partial charge in [0.25, 0.3) is 0 Å². The number of nitrogens with zero attached hydrogens (tertiary/aromatic N) is 3. The van der Waals surface area contributed by atoms with Crippen LogP contribution in [0.15, 0.2) is 72.1 Å². The van der Waals surface area contributed by atoms with Gasteiger partial charge in [0.1, 0.15) is 5.69 Å². The maximum Gasteiger partial charge on any atom is 0.151 e. The van der Waals surface area contributed by atoms with Crippen LogP contribution in [0.2, 0.25) is 0 Å². The average Bonchev–Trinajstić information content (AvgIpc) is 2.62. The molecule has 2 aromatic carbocycles. The molecule has 2 heterocycles. The van der Waals surface area contributed by atoms with Crippen molar-refractivity contribution in [2.24, 2.45) is 5.10 Å². The second kappa shape index (κ2) is 5.85. The monoisotopic (exact) mass is 321 g/mol. The lowest BCUT2D eigenvalue weighted by Crippen LogP contribution is -2.27. The average molecular weight is 321 g/mol. The molecular formula is C19H13F2N3. The van der Waals surface area contributed by atoms with E-state index in [1.807, 2.05) is 36.4 Å². The molecule has 0 spiro atoms. The molecule has 1 aliphatic rings. The number of hydrazone groups is 1. The zero-order valence-corrected chi connectivity index (χ0v) is 12.7. The molecule has 0 atom stereocenters. The van der Waals surface area contributed by atoms with E-state index < -0.39 is 11.6 Å². The molecule has 118 valence electrons. The molecule has 1 aromatic heterocycles. The Balaban J connectivity index is 1.90. The number of pyridine rings is 1.